The molecule has 1 aromatic rings. The lowest BCUT2D eigenvalue weighted by Gasteiger charge is -2.21. The Kier molecular flexibility index (Phi) is 5.55. The van der Waals surface area contributed by atoms with Crippen LogP contribution in [0, 0.1) is 5.92 Å². The molecular formula is C16H24ClNO2. The first-order valence-electron chi connectivity index (χ1n) is 7.34. The van der Waals surface area contributed by atoms with Crippen LogP contribution >= 0.6 is 11.6 Å². The lowest BCUT2D eigenvalue weighted by atomic mass is 10.00. The lowest BCUT2D eigenvalue weighted by Crippen LogP contribution is -2.23. The average molecular weight is 298 g/mol. The fourth-order valence-electron chi connectivity index (χ4n) is 2.46. The summed E-state index contributed by atoms with van der Waals surface area (Å²) in [6.45, 7) is 3.18. The van der Waals surface area contributed by atoms with Gasteiger partial charge in [-0.25, -0.2) is 0 Å². The van der Waals surface area contributed by atoms with E-state index in [9.17, 15) is 0 Å². The quantitative estimate of drug-likeness (QED) is 0.780. The van der Waals surface area contributed by atoms with Gasteiger partial charge in [0.05, 0.1) is 14.2 Å². The van der Waals surface area contributed by atoms with Gasteiger partial charge in [-0.1, -0.05) is 31.4 Å². The Balaban J connectivity index is 2.25. The van der Waals surface area contributed by atoms with Crippen LogP contribution < -0.4 is 14.8 Å². The summed E-state index contributed by atoms with van der Waals surface area (Å²) in [5.41, 5.74) is 1.12. The Hall–Kier alpha value is -0.930. The standard InChI is InChI=1S/C16H24ClNO2/c1-4-7-18-14(8-11-5-6-11)12-9-15(19-2)16(20-3)10-13(12)17/h9-11,14,18H,4-8H2,1-3H3. The van der Waals surface area contributed by atoms with Crippen LogP contribution in [0.2, 0.25) is 5.02 Å². The molecule has 2 rings (SSSR count). The van der Waals surface area contributed by atoms with Gasteiger partial charge < -0.3 is 14.8 Å². The van der Waals surface area contributed by atoms with Crippen LogP contribution in [0.15, 0.2) is 12.1 Å². The van der Waals surface area contributed by atoms with Crippen molar-refractivity contribution >= 4 is 11.6 Å². The van der Waals surface area contributed by atoms with E-state index >= 15 is 0 Å². The first-order chi connectivity index (χ1) is 9.69. The zero-order chi connectivity index (χ0) is 14.5. The molecule has 0 spiro atoms. The monoisotopic (exact) mass is 297 g/mol. The Morgan fingerprint density at radius 3 is 2.45 bits per heavy atom. The summed E-state index contributed by atoms with van der Waals surface area (Å²) in [6, 6.07) is 4.16. The summed E-state index contributed by atoms with van der Waals surface area (Å²) in [5, 5.41) is 4.35. The van der Waals surface area contributed by atoms with Crippen LogP contribution in [-0.2, 0) is 0 Å². The number of rotatable bonds is 8. The molecule has 1 fully saturated rings. The van der Waals surface area contributed by atoms with Crippen LogP contribution in [0.1, 0.15) is 44.2 Å². The maximum atomic E-state index is 6.44. The number of ether oxygens (including phenoxy) is 2. The van der Waals surface area contributed by atoms with Gasteiger partial charge in [0.2, 0.25) is 0 Å². The lowest BCUT2D eigenvalue weighted by molar-refractivity contribution is 0.353. The largest absolute Gasteiger partial charge is 0.493 e. The third-order valence-electron chi connectivity index (χ3n) is 3.78. The predicted molar refractivity (Wildman–Crippen MR) is 82.9 cm³/mol. The maximum absolute atomic E-state index is 6.44. The molecular weight excluding hydrogens is 274 g/mol. The molecule has 0 aromatic heterocycles. The highest BCUT2D eigenvalue weighted by molar-refractivity contribution is 6.31. The van der Waals surface area contributed by atoms with E-state index in [4.69, 9.17) is 21.1 Å². The fraction of sp³-hybridized carbons (Fsp3) is 0.625. The summed E-state index contributed by atoms with van der Waals surface area (Å²) < 4.78 is 10.7. The van der Waals surface area contributed by atoms with Crippen LogP contribution in [0.5, 0.6) is 11.5 Å². The Morgan fingerprint density at radius 1 is 1.25 bits per heavy atom. The second-order valence-electron chi connectivity index (χ2n) is 5.41. The number of halogens is 1. The second kappa shape index (κ2) is 7.19. The summed E-state index contributed by atoms with van der Waals surface area (Å²) in [7, 11) is 3.29. The normalized spacial score (nSPS) is 16.0. The third-order valence-corrected chi connectivity index (χ3v) is 4.11. The smallest absolute Gasteiger partial charge is 0.162 e. The minimum Gasteiger partial charge on any atom is -0.493 e. The Labute approximate surface area is 126 Å². The molecule has 1 N–H and O–H groups in total. The van der Waals surface area contributed by atoms with Gasteiger partial charge in [0, 0.05) is 17.1 Å². The summed E-state index contributed by atoms with van der Waals surface area (Å²) in [6.07, 6.45) is 4.95. The Bertz CT molecular complexity index is 446. The molecule has 4 heteroatoms. The van der Waals surface area contributed by atoms with Crippen molar-refractivity contribution in [2.45, 2.75) is 38.6 Å². The van der Waals surface area contributed by atoms with Gasteiger partial charge in [0.1, 0.15) is 0 Å². The first-order valence-corrected chi connectivity index (χ1v) is 7.72. The minimum absolute atomic E-state index is 0.301. The van der Waals surface area contributed by atoms with Crippen LogP contribution in [0.25, 0.3) is 0 Å². The fourth-order valence-corrected chi connectivity index (χ4v) is 2.75. The molecule has 1 aliphatic carbocycles. The predicted octanol–water partition coefficient (Wildman–Crippen LogP) is 4.20. The van der Waals surface area contributed by atoms with Gasteiger partial charge in [-0.15, -0.1) is 0 Å². The summed E-state index contributed by atoms with van der Waals surface area (Å²) in [5.74, 6) is 2.27. The van der Waals surface area contributed by atoms with Crippen molar-refractivity contribution in [3.05, 3.63) is 22.7 Å². The number of methoxy groups -OCH3 is 2. The van der Waals surface area contributed by atoms with Crippen molar-refractivity contribution in [2.24, 2.45) is 5.92 Å². The zero-order valence-corrected chi connectivity index (χ0v) is 13.3. The van der Waals surface area contributed by atoms with Gasteiger partial charge >= 0.3 is 0 Å². The molecule has 0 aliphatic heterocycles. The molecule has 1 saturated carbocycles. The average Bonchev–Trinajstić information content (AvgIpc) is 3.27. The molecule has 1 unspecified atom stereocenters. The van der Waals surface area contributed by atoms with Crippen LogP contribution in [0.4, 0.5) is 0 Å². The molecule has 1 aliphatic rings. The first kappa shape index (κ1) is 15.5. The van der Waals surface area contributed by atoms with Crippen molar-refractivity contribution in [1.29, 1.82) is 0 Å². The highest BCUT2D eigenvalue weighted by atomic mass is 35.5. The molecule has 1 atom stereocenters. The number of nitrogens with one attached hydrogen (secondary N) is 1. The zero-order valence-electron chi connectivity index (χ0n) is 12.5. The minimum atomic E-state index is 0.301. The van der Waals surface area contributed by atoms with Gasteiger partial charge in [-0.05, 0) is 36.9 Å². The van der Waals surface area contributed by atoms with Gasteiger partial charge in [-0.2, -0.15) is 0 Å². The molecule has 3 nitrogen and oxygen atoms in total. The van der Waals surface area contributed by atoms with E-state index in [-0.39, 0.29) is 0 Å². The molecule has 0 radical (unpaired) electrons. The van der Waals surface area contributed by atoms with E-state index < -0.39 is 0 Å². The van der Waals surface area contributed by atoms with Crippen molar-refractivity contribution < 1.29 is 9.47 Å². The highest BCUT2D eigenvalue weighted by Gasteiger charge is 2.27. The van der Waals surface area contributed by atoms with Crippen molar-refractivity contribution in [1.82, 2.24) is 5.32 Å². The van der Waals surface area contributed by atoms with Crippen molar-refractivity contribution in [3.63, 3.8) is 0 Å². The molecule has 1 aromatic carbocycles. The molecule has 20 heavy (non-hydrogen) atoms. The topological polar surface area (TPSA) is 30.5 Å². The number of benzene rings is 1. The van der Waals surface area contributed by atoms with Gasteiger partial charge in [-0.3, -0.25) is 0 Å². The van der Waals surface area contributed by atoms with E-state index in [2.05, 4.69) is 12.2 Å². The third kappa shape index (κ3) is 3.80. The molecule has 0 heterocycles. The number of hydrogen-bond donors (Lipinski definition) is 1. The van der Waals surface area contributed by atoms with E-state index in [0.29, 0.717) is 11.8 Å². The molecule has 0 bridgehead atoms. The second-order valence-corrected chi connectivity index (χ2v) is 5.82. The van der Waals surface area contributed by atoms with Crippen molar-refractivity contribution in [3.8, 4) is 11.5 Å². The van der Waals surface area contributed by atoms with Crippen LogP contribution in [-0.4, -0.2) is 20.8 Å². The van der Waals surface area contributed by atoms with Crippen molar-refractivity contribution in [2.75, 3.05) is 20.8 Å². The summed E-state index contributed by atoms with van der Waals surface area (Å²) in [4.78, 5) is 0. The molecule has 0 saturated heterocycles. The Morgan fingerprint density at radius 2 is 1.90 bits per heavy atom. The molecule has 0 amide bonds. The number of hydrogen-bond acceptors (Lipinski definition) is 3. The molecule has 112 valence electrons. The SMILES string of the molecule is CCCNC(CC1CC1)c1cc(OC)c(OC)cc1Cl. The van der Waals surface area contributed by atoms with Gasteiger partial charge in [0.15, 0.2) is 11.5 Å². The van der Waals surface area contributed by atoms with E-state index in [0.717, 1.165) is 41.6 Å². The summed E-state index contributed by atoms with van der Waals surface area (Å²) >= 11 is 6.44. The maximum Gasteiger partial charge on any atom is 0.162 e. The van der Waals surface area contributed by atoms with Crippen LogP contribution in [0.3, 0.4) is 0 Å². The van der Waals surface area contributed by atoms with E-state index in [1.54, 1.807) is 14.2 Å². The van der Waals surface area contributed by atoms with E-state index in [1.165, 1.54) is 12.8 Å². The van der Waals surface area contributed by atoms with E-state index in [1.807, 2.05) is 12.1 Å². The van der Waals surface area contributed by atoms with Gasteiger partial charge in [0.25, 0.3) is 0 Å². The highest BCUT2D eigenvalue weighted by Crippen LogP contribution is 2.42.